The van der Waals surface area contributed by atoms with Crippen LogP contribution < -0.4 is 14.8 Å². The Kier molecular flexibility index (Phi) is 6.36. The maximum absolute atomic E-state index is 13.9. The van der Waals surface area contributed by atoms with Crippen molar-refractivity contribution in [1.29, 1.82) is 0 Å². The highest BCUT2D eigenvalue weighted by Gasteiger charge is 2.22. The van der Waals surface area contributed by atoms with Crippen molar-refractivity contribution in [2.75, 3.05) is 6.61 Å². The second-order valence-electron chi connectivity index (χ2n) is 5.48. The average Bonchev–Trinajstić information content (AvgIpc) is 2.93. The Bertz CT molecular complexity index is 913. The third-order valence-corrected chi connectivity index (χ3v) is 5.16. The van der Waals surface area contributed by atoms with Crippen LogP contribution in [0.15, 0.2) is 41.3 Å². The van der Waals surface area contributed by atoms with Crippen LogP contribution in [0.2, 0.25) is 5.02 Å². The Balaban J connectivity index is 1.83. The minimum absolute atomic E-state index is 0.0292. The van der Waals surface area contributed by atoms with Gasteiger partial charge in [-0.1, -0.05) is 47.7 Å². The van der Waals surface area contributed by atoms with Crippen LogP contribution in [-0.4, -0.2) is 16.8 Å². The average molecular weight is 424 g/mol. The van der Waals surface area contributed by atoms with E-state index in [1.165, 1.54) is 23.9 Å². The maximum atomic E-state index is 13.9. The molecular weight excluding hydrogens is 409 g/mol. The van der Waals surface area contributed by atoms with Gasteiger partial charge in [-0.05, 0) is 42.8 Å². The fourth-order valence-electron chi connectivity index (χ4n) is 2.39. The van der Waals surface area contributed by atoms with E-state index in [9.17, 15) is 9.18 Å². The van der Waals surface area contributed by atoms with Gasteiger partial charge in [-0.3, -0.25) is 4.79 Å². The first-order valence-electron chi connectivity index (χ1n) is 8.05. The van der Waals surface area contributed by atoms with Crippen molar-refractivity contribution in [3.63, 3.8) is 0 Å². The Hall–Kier alpha value is -2.09. The molecule has 8 heteroatoms. The quantitative estimate of drug-likeness (QED) is 0.526. The van der Waals surface area contributed by atoms with Gasteiger partial charge in [-0.2, -0.15) is 0 Å². The van der Waals surface area contributed by atoms with Crippen molar-refractivity contribution in [1.82, 2.24) is 5.32 Å². The molecule has 1 aliphatic heterocycles. The van der Waals surface area contributed by atoms with E-state index < -0.39 is 5.82 Å². The monoisotopic (exact) mass is 423 g/mol. The highest BCUT2D eigenvalue weighted by Crippen LogP contribution is 2.33. The number of rotatable bonds is 6. The van der Waals surface area contributed by atoms with Gasteiger partial charge in [0.1, 0.15) is 16.7 Å². The first-order chi connectivity index (χ1) is 13.0. The van der Waals surface area contributed by atoms with Gasteiger partial charge in [-0.25, -0.2) is 4.39 Å². The van der Waals surface area contributed by atoms with E-state index in [1.807, 2.05) is 6.92 Å². The molecule has 2 aromatic rings. The summed E-state index contributed by atoms with van der Waals surface area (Å²) in [5, 5.41) is 2.87. The zero-order valence-corrected chi connectivity index (χ0v) is 16.6. The first-order valence-corrected chi connectivity index (χ1v) is 9.65. The van der Waals surface area contributed by atoms with Crippen molar-refractivity contribution in [2.24, 2.45) is 0 Å². The molecule has 2 aromatic carbocycles. The Labute approximate surface area is 170 Å². The first kappa shape index (κ1) is 19.7. The maximum Gasteiger partial charge on any atom is 0.263 e. The zero-order valence-electron chi connectivity index (χ0n) is 14.3. The zero-order chi connectivity index (χ0) is 19.4. The van der Waals surface area contributed by atoms with Crippen molar-refractivity contribution < 1.29 is 18.7 Å². The van der Waals surface area contributed by atoms with Crippen LogP contribution in [-0.2, 0) is 11.4 Å². The van der Waals surface area contributed by atoms with Crippen LogP contribution in [0.4, 0.5) is 4.39 Å². The van der Waals surface area contributed by atoms with E-state index in [0.29, 0.717) is 32.4 Å². The summed E-state index contributed by atoms with van der Waals surface area (Å²) in [6.07, 6.45) is 1.72. The lowest BCUT2D eigenvalue weighted by atomic mass is 10.1. The number of nitrogens with one attached hydrogen (secondary N) is 1. The molecule has 0 aliphatic carbocycles. The summed E-state index contributed by atoms with van der Waals surface area (Å²) in [7, 11) is 0. The fraction of sp³-hybridized carbons (Fsp3) is 0.158. The number of carbonyl (C=O) groups excluding carboxylic acids is 1. The molecule has 1 N–H and O–H groups in total. The van der Waals surface area contributed by atoms with Gasteiger partial charge in [0.2, 0.25) is 0 Å². The molecule has 0 spiro atoms. The van der Waals surface area contributed by atoms with Crippen molar-refractivity contribution in [2.45, 2.75) is 13.5 Å². The summed E-state index contributed by atoms with van der Waals surface area (Å²) in [4.78, 5) is 12.3. The summed E-state index contributed by atoms with van der Waals surface area (Å²) in [5.41, 5.74) is 1.04. The molecule has 1 fully saturated rings. The molecule has 0 bridgehead atoms. The number of thioether (sulfide) groups is 1. The minimum Gasteiger partial charge on any atom is -0.490 e. The number of amides is 1. The van der Waals surface area contributed by atoms with Crippen molar-refractivity contribution in [3.8, 4) is 11.5 Å². The smallest absolute Gasteiger partial charge is 0.263 e. The van der Waals surface area contributed by atoms with Crippen LogP contribution >= 0.6 is 35.6 Å². The standard InChI is InChI=1S/C19H15ClFNO3S2/c1-2-24-16-8-11(9-17-18(23)22-19(26)27-17)6-7-15(16)25-10-12-13(20)4-3-5-14(12)21/h3-9H,2,10H2,1H3,(H,22,23,26). The molecule has 1 aliphatic rings. The van der Waals surface area contributed by atoms with Crippen LogP contribution in [0.3, 0.4) is 0 Å². The highest BCUT2D eigenvalue weighted by atomic mass is 35.5. The van der Waals surface area contributed by atoms with Gasteiger partial charge >= 0.3 is 0 Å². The molecule has 0 atom stereocenters. The lowest BCUT2D eigenvalue weighted by Crippen LogP contribution is -2.17. The largest absolute Gasteiger partial charge is 0.490 e. The van der Waals surface area contributed by atoms with Gasteiger partial charge in [0, 0.05) is 5.56 Å². The number of halogens is 2. The molecule has 0 aromatic heterocycles. The predicted molar refractivity (Wildman–Crippen MR) is 110 cm³/mol. The van der Waals surface area contributed by atoms with Crippen LogP contribution in [0.5, 0.6) is 11.5 Å². The predicted octanol–water partition coefficient (Wildman–Crippen LogP) is 4.95. The fourth-order valence-corrected chi connectivity index (χ4v) is 3.66. The topological polar surface area (TPSA) is 47.6 Å². The van der Waals surface area contributed by atoms with Gasteiger partial charge in [0.25, 0.3) is 5.91 Å². The van der Waals surface area contributed by atoms with Gasteiger partial charge < -0.3 is 14.8 Å². The second kappa shape index (κ2) is 8.73. The summed E-state index contributed by atoms with van der Waals surface area (Å²) < 4.78 is 25.7. The summed E-state index contributed by atoms with van der Waals surface area (Å²) >= 11 is 12.2. The summed E-state index contributed by atoms with van der Waals surface area (Å²) in [6, 6.07) is 9.72. The molecule has 3 rings (SSSR count). The molecule has 1 saturated heterocycles. The van der Waals surface area contributed by atoms with E-state index in [4.69, 9.17) is 33.3 Å². The van der Waals surface area contributed by atoms with Gasteiger partial charge in [0.15, 0.2) is 11.5 Å². The van der Waals surface area contributed by atoms with Gasteiger partial charge in [0.05, 0.1) is 16.5 Å². The molecule has 1 amide bonds. The SMILES string of the molecule is CCOc1cc(C=C2SC(=S)NC2=O)ccc1OCc1c(F)cccc1Cl. The number of ether oxygens (including phenoxy) is 2. The van der Waals surface area contributed by atoms with Crippen LogP contribution in [0, 0.1) is 5.82 Å². The van der Waals surface area contributed by atoms with E-state index in [2.05, 4.69) is 5.32 Å². The Morgan fingerprint density at radius 1 is 1.26 bits per heavy atom. The van der Waals surface area contributed by atoms with E-state index in [1.54, 1.807) is 30.3 Å². The number of hydrogen-bond acceptors (Lipinski definition) is 5. The molecule has 4 nitrogen and oxygen atoms in total. The Morgan fingerprint density at radius 2 is 2.07 bits per heavy atom. The second-order valence-corrected chi connectivity index (χ2v) is 7.61. The molecule has 27 heavy (non-hydrogen) atoms. The number of carbonyl (C=O) groups is 1. The third-order valence-electron chi connectivity index (χ3n) is 3.64. The molecule has 0 saturated carbocycles. The van der Waals surface area contributed by atoms with Crippen molar-refractivity contribution >= 4 is 51.9 Å². The van der Waals surface area contributed by atoms with Gasteiger partial charge in [-0.15, -0.1) is 0 Å². The summed E-state index contributed by atoms with van der Waals surface area (Å²) in [5.74, 6) is 0.294. The number of hydrogen-bond donors (Lipinski definition) is 1. The van der Waals surface area contributed by atoms with E-state index in [0.717, 1.165) is 5.56 Å². The molecule has 1 heterocycles. The minimum atomic E-state index is -0.429. The molecular formula is C19H15ClFNO3S2. The van der Waals surface area contributed by atoms with Crippen LogP contribution in [0.1, 0.15) is 18.1 Å². The lowest BCUT2D eigenvalue weighted by Gasteiger charge is -2.14. The van der Waals surface area contributed by atoms with E-state index >= 15 is 0 Å². The Morgan fingerprint density at radius 3 is 2.74 bits per heavy atom. The van der Waals surface area contributed by atoms with E-state index in [-0.39, 0.29) is 18.1 Å². The van der Waals surface area contributed by atoms with Crippen molar-refractivity contribution in [3.05, 3.63) is 63.3 Å². The third kappa shape index (κ3) is 4.80. The molecule has 140 valence electrons. The normalized spacial score (nSPS) is 15.1. The lowest BCUT2D eigenvalue weighted by molar-refractivity contribution is -0.115. The molecule has 0 radical (unpaired) electrons. The highest BCUT2D eigenvalue weighted by molar-refractivity contribution is 8.26. The number of thiocarbonyl (C=S) groups is 1. The molecule has 0 unspecified atom stereocenters. The number of benzene rings is 2. The van der Waals surface area contributed by atoms with Crippen LogP contribution in [0.25, 0.3) is 6.08 Å². The summed E-state index contributed by atoms with van der Waals surface area (Å²) in [6.45, 7) is 2.25.